The molecule has 0 aromatic carbocycles. The van der Waals surface area contributed by atoms with E-state index in [9.17, 15) is 0 Å². The molecule has 0 aliphatic rings. The molecule has 2 rings (SSSR count). The van der Waals surface area contributed by atoms with E-state index in [1.54, 1.807) is 7.11 Å². The van der Waals surface area contributed by atoms with Gasteiger partial charge >= 0.3 is 0 Å². The van der Waals surface area contributed by atoms with Gasteiger partial charge in [0.2, 0.25) is 0 Å². The average Bonchev–Trinajstić information content (AvgIpc) is 2.73. The molecule has 0 amide bonds. The summed E-state index contributed by atoms with van der Waals surface area (Å²) in [6.07, 6.45) is 3.91. The zero-order chi connectivity index (χ0) is 22.1. The Morgan fingerprint density at radius 1 is 1.03 bits per heavy atom. The summed E-state index contributed by atoms with van der Waals surface area (Å²) in [5.74, 6) is 2.24. The van der Waals surface area contributed by atoms with Crippen LogP contribution in [0, 0.1) is 13.8 Å². The summed E-state index contributed by atoms with van der Waals surface area (Å²) in [6.45, 7) is 14.0. The Kier molecular flexibility index (Phi) is 8.84. The van der Waals surface area contributed by atoms with Crippen LogP contribution in [0.4, 0.5) is 5.82 Å². The summed E-state index contributed by atoms with van der Waals surface area (Å²) in [5, 5.41) is 4.40. The van der Waals surface area contributed by atoms with Crippen molar-refractivity contribution < 1.29 is 9.57 Å². The molecule has 0 aliphatic heterocycles. The van der Waals surface area contributed by atoms with Crippen LogP contribution in [-0.2, 0) is 4.84 Å². The molecular weight excluding hydrogens is 376 g/mol. The number of oxime groups is 1. The van der Waals surface area contributed by atoms with Crippen molar-refractivity contribution in [3.05, 3.63) is 53.0 Å². The third-order valence-electron chi connectivity index (χ3n) is 4.76. The van der Waals surface area contributed by atoms with Gasteiger partial charge in [0.15, 0.2) is 5.76 Å². The molecule has 162 valence electrons. The van der Waals surface area contributed by atoms with Crippen molar-refractivity contribution in [3.63, 3.8) is 0 Å². The number of hydrogen-bond donors (Lipinski definition) is 0. The molecule has 0 bridgehead atoms. The summed E-state index contributed by atoms with van der Waals surface area (Å²) in [7, 11) is 1.66. The summed E-state index contributed by atoms with van der Waals surface area (Å²) >= 11 is 0. The fraction of sp³-hybridized carbons (Fsp3) is 0.458. The number of aryl methyl sites for hydroxylation is 2. The number of hydrogen-bond acceptors (Lipinski definition) is 6. The van der Waals surface area contributed by atoms with Crippen molar-refractivity contribution in [2.24, 2.45) is 5.16 Å². The van der Waals surface area contributed by atoms with Crippen LogP contribution in [0.5, 0.6) is 5.75 Å². The lowest BCUT2D eigenvalue weighted by Gasteiger charge is -2.21. The molecule has 0 unspecified atom stereocenters. The number of allylic oxidation sites excluding steroid dienone is 1. The van der Waals surface area contributed by atoms with Crippen molar-refractivity contribution >= 4 is 17.3 Å². The van der Waals surface area contributed by atoms with Crippen LogP contribution in [0.1, 0.15) is 63.2 Å². The number of nitrogens with zero attached hydrogens (tertiary/aromatic N) is 4. The Labute approximate surface area is 180 Å². The van der Waals surface area contributed by atoms with Crippen LogP contribution in [0.2, 0.25) is 0 Å². The smallest absolute Gasteiger partial charge is 0.179 e. The number of pyridine rings is 2. The number of anilines is 1. The van der Waals surface area contributed by atoms with Gasteiger partial charge < -0.3 is 14.5 Å². The third-order valence-corrected chi connectivity index (χ3v) is 4.76. The van der Waals surface area contributed by atoms with Crippen LogP contribution < -0.4 is 9.64 Å². The fourth-order valence-electron chi connectivity index (χ4n) is 3.12. The van der Waals surface area contributed by atoms with Gasteiger partial charge in [0.25, 0.3) is 0 Å². The second-order valence-corrected chi connectivity index (χ2v) is 7.19. The number of methoxy groups -OCH3 is 1. The van der Waals surface area contributed by atoms with Crippen LogP contribution in [0.3, 0.4) is 0 Å². The maximum Gasteiger partial charge on any atom is 0.179 e. The van der Waals surface area contributed by atoms with Crippen molar-refractivity contribution in [3.8, 4) is 5.75 Å². The van der Waals surface area contributed by atoms with Gasteiger partial charge in [-0.3, -0.25) is 4.98 Å². The third kappa shape index (κ3) is 6.31. The first kappa shape index (κ1) is 23.4. The minimum Gasteiger partial charge on any atom is -0.497 e. The zero-order valence-corrected chi connectivity index (χ0v) is 19.3. The summed E-state index contributed by atoms with van der Waals surface area (Å²) < 4.78 is 5.52. The van der Waals surface area contributed by atoms with Crippen molar-refractivity contribution in [2.75, 3.05) is 25.1 Å². The fourth-order valence-corrected chi connectivity index (χ4v) is 3.12. The van der Waals surface area contributed by atoms with Gasteiger partial charge in [0, 0.05) is 42.2 Å². The van der Waals surface area contributed by atoms with E-state index < -0.39 is 0 Å². The number of ether oxygens (including phenoxy) is 1. The molecule has 6 nitrogen and oxygen atoms in total. The normalized spacial score (nSPS) is 12.1. The van der Waals surface area contributed by atoms with Crippen LogP contribution in [-0.4, -0.2) is 35.9 Å². The van der Waals surface area contributed by atoms with Crippen molar-refractivity contribution in [2.45, 2.75) is 54.4 Å². The Hall–Kier alpha value is -2.89. The molecule has 30 heavy (non-hydrogen) atoms. The second kappa shape index (κ2) is 11.3. The van der Waals surface area contributed by atoms with E-state index in [1.165, 1.54) is 0 Å². The Bertz CT molecular complexity index is 882. The standard InChI is InChI=1S/C24H34N4O2/c1-8-11-12-23(30-27-19(6)20-13-17(4)25-18(5)14-20)22-15-21(29-7)16-24(26-22)28(9-2)10-3/h12-16H,8-11H2,1-7H3/b23-12+,27-19+. The predicted octanol–water partition coefficient (Wildman–Crippen LogP) is 5.53. The number of rotatable bonds is 10. The highest BCUT2D eigenvalue weighted by atomic mass is 16.6. The Balaban J connectivity index is 2.41. The van der Waals surface area contributed by atoms with Gasteiger partial charge in [-0.15, -0.1) is 0 Å². The quantitative estimate of drug-likeness (QED) is 0.293. The summed E-state index contributed by atoms with van der Waals surface area (Å²) in [6, 6.07) is 7.85. The number of aromatic nitrogens is 2. The van der Waals surface area contributed by atoms with E-state index in [1.807, 2.05) is 51.1 Å². The van der Waals surface area contributed by atoms with E-state index in [0.29, 0.717) is 11.5 Å². The minimum atomic E-state index is 0.631. The van der Waals surface area contributed by atoms with E-state index >= 15 is 0 Å². The lowest BCUT2D eigenvalue weighted by atomic mass is 10.1. The molecule has 0 radical (unpaired) electrons. The van der Waals surface area contributed by atoms with Gasteiger partial charge in [-0.25, -0.2) is 4.98 Å². The van der Waals surface area contributed by atoms with E-state index in [4.69, 9.17) is 14.6 Å². The Morgan fingerprint density at radius 3 is 2.27 bits per heavy atom. The molecular formula is C24H34N4O2. The lowest BCUT2D eigenvalue weighted by molar-refractivity contribution is 0.295. The predicted molar refractivity (Wildman–Crippen MR) is 124 cm³/mol. The van der Waals surface area contributed by atoms with Gasteiger partial charge in [-0.2, -0.15) is 0 Å². The van der Waals surface area contributed by atoms with Gasteiger partial charge in [0.1, 0.15) is 17.3 Å². The van der Waals surface area contributed by atoms with E-state index in [2.05, 4.69) is 35.8 Å². The molecule has 0 N–H and O–H groups in total. The molecule has 0 spiro atoms. The second-order valence-electron chi connectivity index (χ2n) is 7.19. The molecule has 2 aromatic rings. The largest absolute Gasteiger partial charge is 0.497 e. The van der Waals surface area contributed by atoms with Gasteiger partial charge in [0.05, 0.1) is 12.8 Å². The highest BCUT2D eigenvalue weighted by molar-refractivity contribution is 5.98. The molecule has 0 saturated carbocycles. The average molecular weight is 411 g/mol. The molecule has 0 atom stereocenters. The molecule has 0 aliphatic carbocycles. The topological polar surface area (TPSA) is 59.8 Å². The van der Waals surface area contributed by atoms with Gasteiger partial charge in [-0.1, -0.05) is 18.5 Å². The maximum absolute atomic E-state index is 5.92. The monoisotopic (exact) mass is 410 g/mol. The highest BCUT2D eigenvalue weighted by Crippen LogP contribution is 2.26. The molecule has 0 saturated heterocycles. The first-order valence-corrected chi connectivity index (χ1v) is 10.6. The first-order chi connectivity index (χ1) is 14.4. The minimum absolute atomic E-state index is 0.631. The lowest BCUT2D eigenvalue weighted by Crippen LogP contribution is -2.23. The highest BCUT2D eigenvalue weighted by Gasteiger charge is 2.13. The summed E-state index contributed by atoms with van der Waals surface area (Å²) in [5.41, 5.74) is 4.41. The molecule has 0 fully saturated rings. The van der Waals surface area contributed by atoms with Crippen LogP contribution >= 0.6 is 0 Å². The molecule has 6 heteroatoms. The first-order valence-electron chi connectivity index (χ1n) is 10.6. The molecule has 2 heterocycles. The summed E-state index contributed by atoms with van der Waals surface area (Å²) in [4.78, 5) is 17.4. The van der Waals surface area contributed by atoms with Crippen LogP contribution in [0.25, 0.3) is 5.76 Å². The zero-order valence-electron chi connectivity index (χ0n) is 19.3. The van der Waals surface area contributed by atoms with Crippen molar-refractivity contribution in [1.29, 1.82) is 0 Å². The van der Waals surface area contributed by atoms with Crippen molar-refractivity contribution in [1.82, 2.24) is 9.97 Å². The SMILES string of the molecule is CCC/C=C(/O/N=C(\C)c1cc(C)nc(C)c1)c1cc(OC)cc(N(CC)CC)n1. The van der Waals surface area contributed by atoms with E-state index in [-0.39, 0.29) is 0 Å². The van der Waals surface area contributed by atoms with E-state index in [0.717, 1.165) is 60.2 Å². The molecule has 2 aromatic heterocycles. The van der Waals surface area contributed by atoms with Crippen LogP contribution in [0.15, 0.2) is 35.5 Å². The van der Waals surface area contributed by atoms with Gasteiger partial charge in [-0.05, 0) is 59.2 Å². The Morgan fingerprint density at radius 2 is 1.70 bits per heavy atom. The maximum atomic E-state index is 5.92. The number of unbranched alkanes of at least 4 members (excludes halogenated alkanes) is 1.